The number of ketones is 1. The number of ether oxygens (including phenoxy) is 1. The molecule has 0 aliphatic rings. The molecule has 164 valence electrons. The highest BCUT2D eigenvalue weighted by molar-refractivity contribution is 6.02. The van der Waals surface area contributed by atoms with Crippen LogP contribution in [0.4, 0.5) is 11.5 Å². The predicted octanol–water partition coefficient (Wildman–Crippen LogP) is 1.13. The van der Waals surface area contributed by atoms with Crippen LogP contribution in [-0.2, 0) is 18.3 Å². The zero-order valence-corrected chi connectivity index (χ0v) is 16.9. The Morgan fingerprint density at radius 2 is 1.69 bits per heavy atom. The second-order valence-corrected chi connectivity index (χ2v) is 6.75. The first-order chi connectivity index (χ1) is 15.2. The molecule has 0 bridgehead atoms. The molecular formula is C21H18N4O7. The number of hydrogen-bond donors (Lipinski definition) is 1. The number of nitro groups is 1. The summed E-state index contributed by atoms with van der Waals surface area (Å²) in [4.78, 5) is 60.3. The Labute approximate surface area is 180 Å². The molecule has 0 radical (unpaired) electrons. The minimum absolute atomic E-state index is 0.00983. The van der Waals surface area contributed by atoms with E-state index in [1.165, 1.54) is 25.2 Å². The molecule has 3 rings (SSSR count). The van der Waals surface area contributed by atoms with Crippen LogP contribution in [0.15, 0.2) is 64.2 Å². The molecular weight excluding hydrogens is 420 g/mol. The lowest BCUT2D eigenvalue weighted by molar-refractivity contribution is -0.385. The number of para-hydroxylation sites is 1. The van der Waals surface area contributed by atoms with Crippen LogP contribution in [0.2, 0.25) is 0 Å². The highest BCUT2D eigenvalue weighted by Gasteiger charge is 2.25. The summed E-state index contributed by atoms with van der Waals surface area (Å²) < 4.78 is 6.69. The fraction of sp³-hybridized carbons (Fsp3) is 0.143. The van der Waals surface area contributed by atoms with Crippen molar-refractivity contribution < 1.29 is 19.2 Å². The Balaban J connectivity index is 1.90. The number of Topliss-reactive ketones (excluding diaryl/α,β-unsaturated/α-hetero) is 1. The quantitative estimate of drug-likeness (QED) is 0.249. The van der Waals surface area contributed by atoms with Gasteiger partial charge in [0.2, 0.25) is 5.78 Å². The Morgan fingerprint density at radius 1 is 1.06 bits per heavy atom. The van der Waals surface area contributed by atoms with Gasteiger partial charge in [-0.05, 0) is 11.6 Å². The molecule has 0 atom stereocenters. The number of carbonyl (C=O) groups is 2. The van der Waals surface area contributed by atoms with E-state index in [0.717, 1.165) is 15.2 Å². The number of nitrogens with zero attached hydrogens (tertiary/aromatic N) is 3. The maximum atomic E-state index is 12.7. The SMILES string of the molecule is Cn1c(=O)c(C(=O)COC(=O)c2ccccc2[N+](=O)[O-])c(N)n(Cc2ccccc2)c1=O. The van der Waals surface area contributed by atoms with Crippen LogP contribution >= 0.6 is 0 Å². The van der Waals surface area contributed by atoms with Gasteiger partial charge in [-0.1, -0.05) is 42.5 Å². The fourth-order valence-electron chi connectivity index (χ4n) is 3.05. The summed E-state index contributed by atoms with van der Waals surface area (Å²) in [5.74, 6) is -2.43. The van der Waals surface area contributed by atoms with Crippen LogP contribution in [0.5, 0.6) is 0 Å². The van der Waals surface area contributed by atoms with E-state index in [1.54, 1.807) is 30.3 Å². The minimum Gasteiger partial charge on any atom is -0.453 e. The van der Waals surface area contributed by atoms with Crippen molar-refractivity contribution >= 4 is 23.3 Å². The number of nitrogen functional groups attached to an aromatic ring is 1. The van der Waals surface area contributed by atoms with Crippen LogP contribution in [0.1, 0.15) is 26.3 Å². The van der Waals surface area contributed by atoms with Crippen molar-refractivity contribution in [2.45, 2.75) is 6.54 Å². The summed E-state index contributed by atoms with van der Waals surface area (Å²) in [6.07, 6.45) is 0. The van der Waals surface area contributed by atoms with Gasteiger partial charge in [0.15, 0.2) is 6.61 Å². The molecule has 0 fully saturated rings. The monoisotopic (exact) mass is 438 g/mol. The second-order valence-electron chi connectivity index (χ2n) is 6.75. The largest absolute Gasteiger partial charge is 0.453 e. The number of nitrogens with two attached hydrogens (primary N) is 1. The molecule has 0 amide bonds. The number of benzene rings is 2. The topological polar surface area (TPSA) is 157 Å². The van der Waals surface area contributed by atoms with Gasteiger partial charge in [0, 0.05) is 13.1 Å². The maximum Gasteiger partial charge on any atom is 0.345 e. The molecule has 11 heteroatoms. The van der Waals surface area contributed by atoms with E-state index in [0.29, 0.717) is 5.56 Å². The van der Waals surface area contributed by atoms with E-state index in [4.69, 9.17) is 10.5 Å². The molecule has 1 heterocycles. The van der Waals surface area contributed by atoms with Gasteiger partial charge < -0.3 is 10.5 Å². The Bertz CT molecular complexity index is 1330. The summed E-state index contributed by atoms with van der Waals surface area (Å²) in [7, 11) is 1.20. The van der Waals surface area contributed by atoms with Crippen LogP contribution in [0.3, 0.4) is 0 Å². The molecule has 0 unspecified atom stereocenters. The maximum absolute atomic E-state index is 12.7. The minimum atomic E-state index is -1.11. The van der Waals surface area contributed by atoms with Gasteiger partial charge in [-0.3, -0.25) is 28.8 Å². The lowest BCUT2D eigenvalue weighted by atomic mass is 10.1. The van der Waals surface area contributed by atoms with E-state index in [1.807, 2.05) is 0 Å². The number of anilines is 1. The molecule has 11 nitrogen and oxygen atoms in total. The Hall–Kier alpha value is -4.54. The molecule has 0 aliphatic carbocycles. The third-order valence-electron chi connectivity index (χ3n) is 4.70. The van der Waals surface area contributed by atoms with E-state index < -0.39 is 45.8 Å². The highest BCUT2D eigenvalue weighted by atomic mass is 16.6. The van der Waals surface area contributed by atoms with Crippen molar-refractivity contribution in [3.05, 3.63) is 102 Å². The van der Waals surface area contributed by atoms with Crippen LogP contribution in [0, 0.1) is 10.1 Å². The first-order valence-corrected chi connectivity index (χ1v) is 9.29. The van der Waals surface area contributed by atoms with Crippen LogP contribution < -0.4 is 17.0 Å². The summed E-state index contributed by atoms with van der Waals surface area (Å²) in [6.45, 7) is -0.885. The standard InChI is InChI=1S/C21H18N4O7/c1-23-19(27)17(18(22)24(21(23)29)11-13-7-3-2-4-8-13)16(26)12-32-20(28)14-9-5-6-10-15(14)25(30)31/h2-10H,11-12,22H2,1H3. The van der Waals surface area contributed by atoms with Crippen molar-refractivity contribution in [2.75, 3.05) is 12.3 Å². The lowest BCUT2D eigenvalue weighted by Gasteiger charge is -2.14. The molecule has 1 aromatic heterocycles. The fourth-order valence-corrected chi connectivity index (χ4v) is 3.05. The third kappa shape index (κ3) is 4.31. The van der Waals surface area contributed by atoms with Crippen molar-refractivity contribution in [3.63, 3.8) is 0 Å². The summed E-state index contributed by atoms with van der Waals surface area (Å²) in [5.41, 5.74) is 3.68. The van der Waals surface area contributed by atoms with Gasteiger partial charge in [-0.2, -0.15) is 0 Å². The Morgan fingerprint density at radius 3 is 2.34 bits per heavy atom. The number of hydrogen-bond acceptors (Lipinski definition) is 8. The predicted molar refractivity (Wildman–Crippen MR) is 114 cm³/mol. The summed E-state index contributed by atoms with van der Waals surface area (Å²) >= 11 is 0. The summed E-state index contributed by atoms with van der Waals surface area (Å²) in [6, 6.07) is 13.9. The van der Waals surface area contributed by atoms with E-state index in [-0.39, 0.29) is 17.9 Å². The first kappa shape index (κ1) is 22.2. The average Bonchev–Trinajstić information content (AvgIpc) is 2.79. The zero-order chi connectivity index (χ0) is 23.4. The number of carbonyl (C=O) groups excluding carboxylic acids is 2. The molecule has 0 aliphatic heterocycles. The molecule has 2 N–H and O–H groups in total. The highest BCUT2D eigenvalue weighted by Crippen LogP contribution is 2.19. The van der Waals surface area contributed by atoms with Gasteiger partial charge in [0.05, 0.1) is 11.5 Å². The third-order valence-corrected chi connectivity index (χ3v) is 4.70. The van der Waals surface area contributed by atoms with Gasteiger partial charge in [-0.15, -0.1) is 0 Å². The van der Waals surface area contributed by atoms with E-state index in [9.17, 15) is 29.3 Å². The van der Waals surface area contributed by atoms with Gasteiger partial charge in [0.25, 0.3) is 11.2 Å². The van der Waals surface area contributed by atoms with Gasteiger partial charge in [0.1, 0.15) is 16.9 Å². The molecule has 0 spiro atoms. The molecule has 32 heavy (non-hydrogen) atoms. The molecule has 0 saturated heterocycles. The van der Waals surface area contributed by atoms with Crippen molar-refractivity contribution in [1.82, 2.24) is 9.13 Å². The second kappa shape index (κ2) is 9.08. The zero-order valence-electron chi connectivity index (χ0n) is 16.9. The number of rotatable bonds is 7. The van der Waals surface area contributed by atoms with Crippen molar-refractivity contribution in [2.24, 2.45) is 7.05 Å². The molecule has 0 saturated carbocycles. The number of nitro benzene ring substituents is 1. The molecule has 2 aromatic carbocycles. The molecule has 3 aromatic rings. The van der Waals surface area contributed by atoms with Crippen LogP contribution in [-0.4, -0.2) is 32.4 Å². The van der Waals surface area contributed by atoms with Crippen molar-refractivity contribution in [1.29, 1.82) is 0 Å². The smallest absolute Gasteiger partial charge is 0.345 e. The number of esters is 1. The van der Waals surface area contributed by atoms with Gasteiger partial charge >= 0.3 is 11.7 Å². The van der Waals surface area contributed by atoms with Gasteiger partial charge in [-0.25, -0.2) is 9.59 Å². The average molecular weight is 438 g/mol. The van der Waals surface area contributed by atoms with Crippen LogP contribution in [0.25, 0.3) is 0 Å². The lowest BCUT2D eigenvalue weighted by Crippen LogP contribution is -2.43. The van der Waals surface area contributed by atoms with Crippen molar-refractivity contribution in [3.8, 4) is 0 Å². The normalized spacial score (nSPS) is 10.5. The number of aromatic nitrogens is 2. The first-order valence-electron chi connectivity index (χ1n) is 9.29. The van der Waals surface area contributed by atoms with E-state index >= 15 is 0 Å². The summed E-state index contributed by atoms with van der Waals surface area (Å²) in [5, 5.41) is 11.1. The Kier molecular flexibility index (Phi) is 6.29. The van der Waals surface area contributed by atoms with E-state index in [2.05, 4.69) is 0 Å².